The second-order valence-corrected chi connectivity index (χ2v) is 5.05. The summed E-state index contributed by atoms with van der Waals surface area (Å²) in [5.41, 5.74) is 0.404. The fourth-order valence-electron chi connectivity index (χ4n) is 2.16. The van der Waals surface area contributed by atoms with Gasteiger partial charge in [-0.15, -0.1) is 0 Å². The minimum atomic E-state index is -0.582. The molecule has 104 valence electrons. The Balaban J connectivity index is 1.79. The Morgan fingerprint density at radius 2 is 2.20 bits per heavy atom. The van der Waals surface area contributed by atoms with Crippen molar-refractivity contribution in [3.05, 3.63) is 53.5 Å². The van der Waals surface area contributed by atoms with Crippen molar-refractivity contribution < 1.29 is 13.6 Å². The van der Waals surface area contributed by atoms with Gasteiger partial charge in [-0.25, -0.2) is 4.98 Å². The first kappa shape index (κ1) is 12.8. The van der Waals surface area contributed by atoms with Gasteiger partial charge < -0.3 is 9.32 Å². The minimum Gasteiger partial charge on any atom is -0.464 e. The highest BCUT2D eigenvalue weighted by Gasteiger charge is 2.33. The third-order valence-electron chi connectivity index (χ3n) is 3.35. The molecule has 1 fully saturated rings. The standard InChI is InChI=1S/C15H15FN2O2/c1-10-2-6-13(20-10)9-18(12-4-5-12)15(19)11-3-7-14(16)17-8-11/h2-3,6-8,12H,4-5,9H2,1H3. The number of carbonyl (C=O) groups is 1. The first-order valence-corrected chi connectivity index (χ1v) is 6.61. The first-order chi connectivity index (χ1) is 9.63. The lowest BCUT2D eigenvalue weighted by molar-refractivity contribution is 0.0716. The molecule has 0 unspecified atom stereocenters. The van der Waals surface area contributed by atoms with E-state index in [2.05, 4.69) is 4.98 Å². The molecule has 4 nitrogen and oxygen atoms in total. The molecule has 5 heteroatoms. The Hall–Kier alpha value is -2.17. The Bertz CT molecular complexity index is 617. The average Bonchev–Trinajstić information content (AvgIpc) is 3.19. The van der Waals surface area contributed by atoms with Crippen molar-refractivity contribution in [2.45, 2.75) is 32.4 Å². The Kier molecular flexibility index (Phi) is 3.26. The molecule has 0 N–H and O–H groups in total. The van der Waals surface area contributed by atoms with Crippen LogP contribution >= 0.6 is 0 Å². The van der Waals surface area contributed by atoms with Crippen molar-refractivity contribution in [3.63, 3.8) is 0 Å². The molecule has 0 bridgehead atoms. The molecule has 20 heavy (non-hydrogen) atoms. The van der Waals surface area contributed by atoms with E-state index in [1.807, 2.05) is 19.1 Å². The number of nitrogens with zero attached hydrogens (tertiary/aromatic N) is 2. The summed E-state index contributed by atoms with van der Waals surface area (Å²) >= 11 is 0. The van der Waals surface area contributed by atoms with Crippen molar-refractivity contribution in [3.8, 4) is 0 Å². The molecular formula is C15H15FN2O2. The number of hydrogen-bond acceptors (Lipinski definition) is 3. The van der Waals surface area contributed by atoms with E-state index in [-0.39, 0.29) is 11.9 Å². The number of aryl methyl sites for hydroxylation is 1. The van der Waals surface area contributed by atoms with Gasteiger partial charge in [0, 0.05) is 12.2 Å². The summed E-state index contributed by atoms with van der Waals surface area (Å²) in [5, 5.41) is 0. The van der Waals surface area contributed by atoms with Crippen LogP contribution in [0.25, 0.3) is 0 Å². The van der Waals surface area contributed by atoms with Crippen LogP contribution in [0.15, 0.2) is 34.9 Å². The Morgan fingerprint density at radius 1 is 1.40 bits per heavy atom. The lowest BCUT2D eigenvalue weighted by Crippen LogP contribution is -2.32. The summed E-state index contributed by atoms with van der Waals surface area (Å²) in [5.74, 6) is 0.875. The molecule has 0 spiro atoms. The maximum atomic E-state index is 12.8. The number of rotatable bonds is 4. The van der Waals surface area contributed by atoms with Crippen LogP contribution in [0.4, 0.5) is 4.39 Å². The van der Waals surface area contributed by atoms with E-state index in [0.29, 0.717) is 12.1 Å². The molecular weight excluding hydrogens is 259 g/mol. The molecule has 2 aromatic rings. The van der Waals surface area contributed by atoms with Crippen LogP contribution < -0.4 is 0 Å². The summed E-state index contributed by atoms with van der Waals surface area (Å²) in [6.45, 7) is 2.31. The van der Waals surface area contributed by atoms with Crippen LogP contribution in [0.2, 0.25) is 0 Å². The van der Waals surface area contributed by atoms with Crippen LogP contribution in [0.1, 0.15) is 34.7 Å². The lowest BCUT2D eigenvalue weighted by atomic mass is 10.2. The third kappa shape index (κ3) is 2.71. The largest absolute Gasteiger partial charge is 0.464 e. The molecule has 1 amide bonds. The highest BCUT2D eigenvalue weighted by molar-refractivity contribution is 5.94. The normalized spacial score (nSPS) is 14.3. The van der Waals surface area contributed by atoms with E-state index in [0.717, 1.165) is 24.4 Å². The number of carbonyl (C=O) groups excluding carboxylic acids is 1. The maximum Gasteiger partial charge on any atom is 0.256 e. The van der Waals surface area contributed by atoms with E-state index in [9.17, 15) is 9.18 Å². The lowest BCUT2D eigenvalue weighted by Gasteiger charge is -2.21. The fraction of sp³-hybridized carbons (Fsp3) is 0.333. The average molecular weight is 274 g/mol. The maximum absolute atomic E-state index is 12.8. The molecule has 0 aromatic carbocycles. The van der Waals surface area contributed by atoms with Crippen molar-refractivity contribution in [2.24, 2.45) is 0 Å². The van der Waals surface area contributed by atoms with Gasteiger partial charge in [0.2, 0.25) is 5.95 Å². The molecule has 2 aromatic heterocycles. The van der Waals surface area contributed by atoms with E-state index in [1.165, 1.54) is 18.3 Å². The molecule has 0 radical (unpaired) electrons. The Morgan fingerprint density at radius 3 is 2.75 bits per heavy atom. The number of amides is 1. The van der Waals surface area contributed by atoms with Crippen LogP contribution in [0.3, 0.4) is 0 Å². The van der Waals surface area contributed by atoms with Crippen molar-refractivity contribution in [2.75, 3.05) is 0 Å². The van der Waals surface area contributed by atoms with E-state index >= 15 is 0 Å². The molecule has 0 saturated heterocycles. The van der Waals surface area contributed by atoms with Gasteiger partial charge in [0.25, 0.3) is 5.91 Å². The highest BCUT2D eigenvalue weighted by atomic mass is 19.1. The van der Waals surface area contributed by atoms with Crippen molar-refractivity contribution in [1.82, 2.24) is 9.88 Å². The zero-order valence-corrected chi connectivity index (χ0v) is 11.2. The van der Waals surface area contributed by atoms with Gasteiger partial charge in [-0.2, -0.15) is 4.39 Å². The zero-order chi connectivity index (χ0) is 14.1. The summed E-state index contributed by atoms with van der Waals surface area (Å²) in [4.78, 5) is 17.8. The zero-order valence-electron chi connectivity index (χ0n) is 11.2. The number of furan rings is 1. The van der Waals surface area contributed by atoms with E-state index < -0.39 is 5.95 Å². The summed E-state index contributed by atoms with van der Waals surface area (Å²) in [7, 11) is 0. The SMILES string of the molecule is Cc1ccc(CN(C(=O)c2ccc(F)nc2)C2CC2)o1. The minimum absolute atomic E-state index is 0.131. The number of aromatic nitrogens is 1. The predicted molar refractivity (Wildman–Crippen MR) is 70.5 cm³/mol. The van der Waals surface area contributed by atoms with E-state index in [4.69, 9.17) is 4.42 Å². The van der Waals surface area contributed by atoms with Gasteiger partial charge in [0.1, 0.15) is 11.5 Å². The first-order valence-electron chi connectivity index (χ1n) is 6.61. The fourth-order valence-corrected chi connectivity index (χ4v) is 2.16. The van der Waals surface area contributed by atoms with Crippen LogP contribution in [0.5, 0.6) is 0 Å². The molecule has 0 atom stereocenters. The summed E-state index contributed by atoms with van der Waals surface area (Å²) < 4.78 is 18.3. The van der Waals surface area contributed by atoms with Crippen molar-refractivity contribution >= 4 is 5.91 Å². The summed E-state index contributed by atoms with van der Waals surface area (Å²) in [6, 6.07) is 6.67. The molecule has 2 heterocycles. The molecule has 0 aliphatic heterocycles. The van der Waals surface area contributed by atoms with Gasteiger partial charge in [-0.05, 0) is 44.0 Å². The predicted octanol–water partition coefficient (Wildman–Crippen LogP) is 2.93. The molecule has 1 saturated carbocycles. The smallest absolute Gasteiger partial charge is 0.256 e. The molecule has 3 rings (SSSR count). The van der Waals surface area contributed by atoms with Crippen LogP contribution in [-0.2, 0) is 6.54 Å². The van der Waals surface area contributed by atoms with Gasteiger partial charge in [-0.3, -0.25) is 4.79 Å². The molecule has 1 aliphatic carbocycles. The van der Waals surface area contributed by atoms with Gasteiger partial charge in [-0.1, -0.05) is 0 Å². The quantitative estimate of drug-likeness (QED) is 0.805. The van der Waals surface area contributed by atoms with Gasteiger partial charge in [0.15, 0.2) is 0 Å². The number of hydrogen-bond donors (Lipinski definition) is 0. The van der Waals surface area contributed by atoms with Crippen LogP contribution in [0, 0.1) is 12.9 Å². The van der Waals surface area contributed by atoms with Crippen molar-refractivity contribution in [1.29, 1.82) is 0 Å². The second kappa shape index (κ2) is 5.07. The van der Waals surface area contributed by atoms with Gasteiger partial charge >= 0.3 is 0 Å². The van der Waals surface area contributed by atoms with Gasteiger partial charge in [0.05, 0.1) is 12.1 Å². The van der Waals surface area contributed by atoms with E-state index in [1.54, 1.807) is 4.90 Å². The topological polar surface area (TPSA) is 46.3 Å². The Labute approximate surface area is 116 Å². The molecule has 1 aliphatic rings. The number of pyridine rings is 1. The highest BCUT2D eigenvalue weighted by Crippen LogP contribution is 2.30. The number of halogens is 1. The van der Waals surface area contributed by atoms with Crippen LogP contribution in [-0.4, -0.2) is 21.8 Å². The summed E-state index contributed by atoms with van der Waals surface area (Å²) in [6.07, 6.45) is 3.28. The second-order valence-electron chi connectivity index (χ2n) is 5.05. The monoisotopic (exact) mass is 274 g/mol. The third-order valence-corrected chi connectivity index (χ3v) is 3.35.